The molecule has 0 spiro atoms. The van der Waals surface area contributed by atoms with Gasteiger partial charge in [0.25, 0.3) is 0 Å². The summed E-state index contributed by atoms with van der Waals surface area (Å²) in [6, 6.07) is 0. The van der Waals surface area contributed by atoms with Gasteiger partial charge in [0.1, 0.15) is 0 Å². The fraction of sp³-hybridized carbons (Fsp3) is 0.500. The van der Waals surface area contributed by atoms with Crippen molar-refractivity contribution in [1.82, 2.24) is 0 Å². The van der Waals surface area contributed by atoms with Crippen molar-refractivity contribution in [1.29, 1.82) is 0 Å². The molecule has 0 aliphatic carbocycles. The summed E-state index contributed by atoms with van der Waals surface area (Å²) in [7, 11) is 0. The minimum atomic E-state index is -0.968. The van der Waals surface area contributed by atoms with Crippen LogP contribution in [0, 0.1) is 0 Å². The average Bonchev–Trinajstić information content (AvgIpc) is 1.38. The molecule has 0 amide bonds. The van der Waals surface area contributed by atoms with E-state index in [1.54, 1.807) is 0 Å². The van der Waals surface area contributed by atoms with E-state index in [9.17, 15) is 4.79 Å². The second kappa shape index (κ2) is 33.8. The predicted octanol–water partition coefficient (Wildman–Crippen LogP) is -4.42. The first kappa shape index (κ1) is 46.6. The summed E-state index contributed by atoms with van der Waals surface area (Å²) in [6.45, 7) is -0.278. The number of aliphatic carboxylic acids is 1. The summed E-state index contributed by atoms with van der Waals surface area (Å²) in [6.07, 6.45) is 0. The molecule has 0 aromatic carbocycles. The monoisotopic (exact) mass is 189 g/mol. The van der Waals surface area contributed by atoms with Crippen LogP contribution in [-0.2, 0) is 4.79 Å². The normalized spacial score (nSPS) is 3.70. The largest absolute Gasteiger partial charge is 2.00 e. The molecular formula is C2H15CaNO6. The van der Waals surface area contributed by atoms with Gasteiger partial charge < -0.3 is 35.6 Å². The van der Waals surface area contributed by atoms with Gasteiger partial charge >= 0.3 is 43.7 Å². The molecule has 0 bridgehead atoms. The van der Waals surface area contributed by atoms with Crippen LogP contribution in [-0.4, -0.2) is 77.3 Å². The first-order chi connectivity index (χ1) is 2.27. The molecular weight excluding hydrogens is 174 g/mol. The van der Waals surface area contributed by atoms with E-state index in [0.29, 0.717) is 0 Å². The maximum absolute atomic E-state index is 9.24. The molecule has 0 atom stereocenters. The Bertz CT molecular complexity index is 58.8. The van der Waals surface area contributed by atoms with Crippen molar-refractivity contribution in [3.63, 3.8) is 0 Å². The van der Waals surface area contributed by atoms with Gasteiger partial charge in [-0.1, -0.05) is 0 Å². The van der Waals surface area contributed by atoms with Crippen molar-refractivity contribution in [2.75, 3.05) is 6.54 Å². The fourth-order valence-corrected chi connectivity index (χ4v) is 0. The van der Waals surface area contributed by atoms with E-state index in [4.69, 9.17) is 5.11 Å². The van der Waals surface area contributed by atoms with Crippen LogP contribution in [0.5, 0.6) is 0 Å². The molecule has 0 saturated heterocycles. The molecule has 0 saturated carbocycles. The predicted molar refractivity (Wildman–Crippen MR) is 39.1 cm³/mol. The Morgan fingerprint density at radius 1 is 1.30 bits per heavy atom. The second-order valence-corrected chi connectivity index (χ2v) is 0.598. The third kappa shape index (κ3) is 75.6. The van der Waals surface area contributed by atoms with Crippen LogP contribution in [0.4, 0.5) is 0 Å². The van der Waals surface area contributed by atoms with Crippen molar-refractivity contribution in [3.05, 3.63) is 0 Å². The molecule has 11 N–H and O–H groups in total. The molecule has 0 aromatic heterocycles. The first-order valence-corrected chi connectivity index (χ1v) is 1.19. The van der Waals surface area contributed by atoms with Crippen LogP contribution in [0.15, 0.2) is 0 Å². The van der Waals surface area contributed by atoms with Crippen molar-refractivity contribution >= 4 is 43.7 Å². The van der Waals surface area contributed by atoms with Gasteiger partial charge in [-0.25, -0.2) is 0 Å². The van der Waals surface area contributed by atoms with E-state index in [0.717, 1.165) is 0 Å². The summed E-state index contributed by atoms with van der Waals surface area (Å²) in [5.74, 6) is -0.968. The van der Waals surface area contributed by atoms with Crippen molar-refractivity contribution in [2.24, 2.45) is 5.73 Å². The maximum atomic E-state index is 9.24. The topological polar surface area (TPSA) is 189 Å². The Hall–Kier alpha value is 0.530. The standard InChI is InChI=1S/C2H5NO2.Ca.4H2O.2H/c3-1-2(4)5;;;;;;;/h1,3H2,(H,4,5);;4*1H2;;/q;+2;;;;;2*-1. The van der Waals surface area contributed by atoms with Crippen LogP contribution in [0.2, 0.25) is 0 Å². The van der Waals surface area contributed by atoms with E-state index in [-0.39, 0.29) is 69.0 Å². The van der Waals surface area contributed by atoms with E-state index in [2.05, 4.69) is 5.73 Å². The van der Waals surface area contributed by atoms with Gasteiger partial charge in [-0.2, -0.15) is 0 Å². The number of carboxylic acids is 1. The Morgan fingerprint density at radius 3 is 1.40 bits per heavy atom. The summed E-state index contributed by atoms with van der Waals surface area (Å²) in [5, 5.41) is 7.60. The first-order valence-electron chi connectivity index (χ1n) is 1.19. The quantitative estimate of drug-likeness (QED) is 0.394. The number of carbonyl (C=O) groups is 1. The van der Waals surface area contributed by atoms with Gasteiger partial charge in [0.05, 0.1) is 6.54 Å². The van der Waals surface area contributed by atoms with Crippen LogP contribution in [0.3, 0.4) is 0 Å². The number of nitrogens with two attached hydrogens (primary N) is 1. The zero-order valence-corrected chi connectivity index (χ0v) is 7.56. The van der Waals surface area contributed by atoms with Crippen LogP contribution < -0.4 is 5.73 Å². The molecule has 0 radical (unpaired) electrons. The van der Waals surface area contributed by atoms with Crippen LogP contribution >= 0.6 is 0 Å². The van der Waals surface area contributed by atoms with E-state index < -0.39 is 5.97 Å². The molecule has 10 heavy (non-hydrogen) atoms. The van der Waals surface area contributed by atoms with Gasteiger partial charge in [0, 0.05) is 0 Å². The summed E-state index contributed by atoms with van der Waals surface area (Å²) in [4.78, 5) is 9.24. The second-order valence-electron chi connectivity index (χ2n) is 0.598. The molecule has 0 heterocycles. The molecule has 0 rings (SSSR count). The summed E-state index contributed by atoms with van der Waals surface area (Å²) >= 11 is 0. The third-order valence-corrected chi connectivity index (χ3v) is 0.175. The summed E-state index contributed by atoms with van der Waals surface area (Å²) in [5.41, 5.74) is 4.57. The van der Waals surface area contributed by atoms with Crippen LogP contribution in [0.1, 0.15) is 2.85 Å². The Labute approximate surface area is 90.4 Å². The van der Waals surface area contributed by atoms with E-state index >= 15 is 0 Å². The molecule has 0 fully saturated rings. The van der Waals surface area contributed by atoms with Crippen molar-refractivity contribution in [2.45, 2.75) is 0 Å². The van der Waals surface area contributed by atoms with Gasteiger partial charge in [0.15, 0.2) is 0 Å². The summed E-state index contributed by atoms with van der Waals surface area (Å²) < 4.78 is 0. The Morgan fingerprint density at radius 2 is 1.40 bits per heavy atom. The van der Waals surface area contributed by atoms with Gasteiger partial charge in [-0.15, -0.1) is 0 Å². The molecule has 0 aliphatic rings. The number of hydrogen-bond donors (Lipinski definition) is 2. The minimum Gasteiger partial charge on any atom is -1.00 e. The van der Waals surface area contributed by atoms with Crippen molar-refractivity contribution < 1.29 is 34.7 Å². The molecule has 0 unspecified atom stereocenters. The third-order valence-electron chi connectivity index (χ3n) is 0.175. The molecule has 66 valence electrons. The average molecular weight is 189 g/mol. The molecule has 0 aromatic rings. The van der Waals surface area contributed by atoms with E-state index in [1.165, 1.54) is 0 Å². The Kier molecular flexibility index (Phi) is 157. The van der Waals surface area contributed by atoms with Crippen molar-refractivity contribution in [3.8, 4) is 0 Å². The van der Waals surface area contributed by atoms with Gasteiger partial charge in [-0.3, -0.25) is 4.79 Å². The number of hydrogen-bond acceptors (Lipinski definition) is 2. The molecule has 0 aliphatic heterocycles. The fourth-order valence-electron chi connectivity index (χ4n) is 0. The number of carboxylic acid groups (broad SMARTS) is 1. The Balaban J connectivity index is -0.00000000381. The van der Waals surface area contributed by atoms with Gasteiger partial charge in [0.2, 0.25) is 0 Å². The smallest absolute Gasteiger partial charge is 1.00 e. The van der Waals surface area contributed by atoms with Crippen LogP contribution in [0.25, 0.3) is 0 Å². The zero-order valence-electron chi connectivity index (χ0n) is 7.35. The molecule has 8 heteroatoms. The van der Waals surface area contributed by atoms with Gasteiger partial charge in [-0.05, 0) is 0 Å². The molecule has 7 nitrogen and oxygen atoms in total. The number of rotatable bonds is 1. The zero-order chi connectivity index (χ0) is 4.28. The maximum Gasteiger partial charge on any atom is 2.00 e. The van der Waals surface area contributed by atoms with E-state index in [1.807, 2.05) is 0 Å². The SMILES string of the molecule is NCC(=O)O.O.O.O.O.[Ca+2].[H-].[H-]. The minimum absolute atomic E-state index is 0.